The summed E-state index contributed by atoms with van der Waals surface area (Å²) < 4.78 is 1.84. The van der Waals surface area contributed by atoms with Crippen LogP contribution in [0.1, 0.15) is 13.8 Å². The highest BCUT2D eigenvalue weighted by Gasteiger charge is 2.23. The van der Waals surface area contributed by atoms with Gasteiger partial charge in [0, 0.05) is 38.3 Å². The van der Waals surface area contributed by atoms with Crippen molar-refractivity contribution in [3.05, 3.63) is 18.7 Å². The van der Waals surface area contributed by atoms with Crippen LogP contribution in [-0.2, 0) is 0 Å². The highest BCUT2D eigenvalue weighted by atomic mass is 15.4. The van der Waals surface area contributed by atoms with Crippen molar-refractivity contribution < 1.29 is 0 Å². The normalized spacial score (nSPS) is 17.9. The second-order valence-electron chi connectivity index (χ2n) is 6.05. The molecule has 0 spiro atoms. The van der Waals surface area contributed by atoms with E-state index in [1.165, 1.54) is 0 Å². The van der Waals surface area contributed by atoms with E-state index in [2.05, 4.69) is 38.7 Å². The van der Waals surface area contributed by atoms with E-state index in [-0.39, 0.29) is 5.54 Å². The second kappa shape index (κ2) is 4.99. The molecule has 1 aliphatic rings. The van der Waals surface area contributed by atoms with Crippen molar-refractivity contribution >= 4 is 11.5 Å². The highest BCUT2D eigenvalue weighted by Crippen LogP contribution is 2.16. The van der Waals surface area contributed by atoms with E-state index in [4.69, 9.17) is 5.73 Å². The standard InChI is InChI=1S/C13H21N7/c1-13(2,14)9-18-3-5-19(6-4-18)12-8-15-7-11-16-10-17-20(11)12/h7-8,10H,3-6,9,14H2,1-2H3. The molecule has 2 aromatic heterocycles. The largest absolute Gasteiger partial charge is 0.353 e. The quantitative estimate of drug-likeness (QED) is 0.848. The second-order valence-corrected chi connectivity index (χ2v) is 6.05. The van der Waals surface area contributed by atoms with Crippen molar-refractivity contribution in [2.75, 3.05) is 37.6 Å². The van der Waals surface area contributed by atoms with Crippen LogP contribution in [0.25, 0.3) is 5.65 Å². The number of hydrogen-bond donors (Lipinski definition) is 1. The molecule has 0 unspecified atom stereocenters. The van der Waals surface area contributed by atoms with Crippen LogP contribution in [-0.4, -0.2) is 62.7 Å². The summed E-state index contributed by atoms with van der Waals surface area (Å²) in [5.74, 6) is 1.01. The van der Waals surface area contributed by atoms with Gasteiger partial charge in [-0.15, -0.1) is 0 Å². The first-order chi connectivity index (χ1) is 9.53. The van der Waals surface area contributed by atoms with E-state index in [0.29, 0.717) is 0 Å². The molecule has 2 aromatic rings. The van der Waals surface area contributed by atoms with Gasteiger partial charge in [0.2, 0.25) is 0 Å². The van der Waals surface area contributed by atoms with Gasteiger partial charge < -0.3 is 10.6 Å². The predicted molar refractivity (Wildman–Crippen MR) is 77.7 cm³/mol. The molecule has 0 atom stereocenters. The minimum atomic E-state index is -0.143. The van der Waals surface area contributed by atoms with Crippen molar-refractivity contribution in [1.29, 1.82) is 0 Å². The number of nitrogens with two attached hydrogens (primary N) is 1. The van der Waals surface area contributed by atoms with Crippen LogP contribution >= 0.6 is 0 Å². The first-order valence-corrected chi connectivity index (χ1v) is 6.93. The Bertz CT molecular complexity index is 578. The average molecular weight is 275 g/mol. The van der Waals surface area contributed by atoms with Gasteiger partial charge in [-0.05, 0) is 13.8 Å². The molecule has 3 rings (SSSR count). The first-order valence-electron chi connectivity index (χ1n) is 6.93. The van der Waals surface area contributed by atoms with E-state index in [1.54, 1.807) is 12.5 Å². The molecular weight excluding hydrogens is 254 g/mol. The van der Waals surface area contributed by atoms with Crippen LogP contribution in [0.15, 0.2) is 18.7 Å². The molecule has 1 fully saturated rings. The third-order valence-corrected chi connectivity index (χ3v) is 3.50. The molecule has 0 aliphatic carbocycles. The number of rotatable bonds is 3. The van der Waals surface area contributed by atoms with Gasteiger partial charge in [0.25, 0.3) is 0 Å². The Morgan fingerprint density at radius 1 is 1.20 bits per heavy atom. The minimum Gasteiger partial charge on any atom is -0.353 e. The van der Waals surface area contributed by atoms with E-state index in [1.807, 2.05) is 10.7 Å². The maximum absolute atomic E-state index is 6.08. The number of nitrogens with zero attached hydrogens (tertiary/aromatic N) is 6. The van der Waals surface area contributed by atoms with Gasteiger partial charge >= 0.3 is 0 Å². The fourth-order valence-corrected chi connectivity index (χ4v) is 2.67. The highest BCUT2D eigenvalue weighted by molar-refractivity contribution is 5.46. The summed E-state index contributed by atoms with van der Waals surface area (Å²) in [7, 11) is 0. The average Bonchev–Trinajstić information content (AvgIpc) is 2.86. The van der Waals surface area contributed by atoms with Gasteiger partial charge in [-0.1, -0.05) is 0 Å². The predicted octanol–water partition coefficient (Wildman–Crippen LogP) is -0.0164. The fourth-order valence-electron chi connectivity index (χ4n) is 2.67. The summed E-state index contributed by atoms with van der Waals surface area (Å²) in [6, 6.07) is 0. The third-order valence-electron chi connectivity index (χ3n) is 3.50. The molecule has 0 bridgehead atoms. The van der Waals surface area contributed by atoms with Gasteiger partial charge in [0.05, 0.1) is 12.4 Å². The Labute approximate surface area is 118 Å². The zero-order chi connectivity index (χ0) is 14.2. The van der Waals surface area contributed by atoms with Gasteiger partial charge in [-0.3, -0.25) is 9.88 Å². The first kappa shape index (κ1) is 13.3. The molecule has 1 aliphatic heterocycles. The molecule has 20 heavy (non-hydrogen) atoms. The molecule has 108 valence electrons. The van der Waals surface area contributed by atoms with Crippen LogP contribution in [0, 0.1) is 0 Å². The number of fused-ring (bicyclic) bond motifs is 1. The van der Waals surface area contributed by atoms with Crippen LogP contribution in [0.2, 0.25) is 0 Å². The molecule has 1 saturated heterocycles. The zero-order valence-electron chi connectivity index (χ0n) is 12.0. The van der Waals surface area contributed by atoms with Crippen LogP contribution in [0.3, 0.4) is 0 Å². The van der Waals surface area contributed by atoms with Gasteiger partial charge in [0.15, 0.2) is 11.5 Å². The summed E-state index contributed by atoms with van der Waals surface area (Å²) in [5, 5.41) is 4.26. The van der Waals surface area contributed by atoms with Gasteiger partial charge in [0.1, 0.15) is 6.33 Å². The molecule has 0 aromatic carbocycles. The van der Waals surface area contributed by atoms with Gasteiger partial charge in [-0.25, -0.2) is 4.98 Å². The number of anilines is 1. The monoisotopic (exact) mass is 275 g/mol. The van der Waals surface area contributed by atoms with E-state index in [0.717, 1.165) is 44.2 Å². The lowest BCUT2D eigenvalue weighted by atomic mass is 10.1. The van der Waals surface area contributed by atoms with Crippen molar-refractivity contribution in [2.24, 2.45) is 5.73 Å². The summed E-state index contributed by atoms with van der Waals surface area (Å²) >= 11 is 0. The third kappa shape index (κ3) is 2.73. The Kier molecular flexibility index (Phi) is 3.31. The molecular formula is C13H21N7. The number of hydrogen-bond acceptors (Lipinski definition) is 6. The molecule has 0 saturated carbocycles. The number of piperazine rings is 1. The number of aromatic nitrogens is 4. The lowest BCUT2D eigenvalue weighted by Crippen LogP contribution is -2.53. The Morgan fingerprint density at radius 2 is 1.95 bits per heavy atom. The van der Waals surface area contributed by atoms with Crippen LogP contribution in [0.5, 0.6) is 0 Å². The smallest absolute Gasteiger partial charge is 0.175 e. The topological polar surface area (TPSA) is 75.6 Å². The Balaban J connectivity index is 1.71. The van der Waals surface area contributed by atoms with Crippen LogP contribution < -0.4 is 10.6 Å². The summed E-state index contributed by atoms with van der Waals surface area (Å²) in [6.07, 6.45) is 5.14. The van der Waals surface area contributed by atoms with Crippen molar-refractivity contribution in [1.82, 2.24) is 24.5 Å². The molecule has 7 nitrogen and oxygen atoms in total. The summed E-state index contributed by atoms with van der Waals surface area (Å²) in [6.45, 7) is 8.98. The lowest BCUT2D eigenvalue weighted by Gasteiger charge is -2.38. The van der Waals surface area contributed by atoms with E-state index < -0.39 is 0 Å². The SMILES string of the molecule is CC(C)(N)CN1CCN(c2cncc3ncnn23)CC1. The fraction of sp³-hybridized carbons (Fsp3) is 0.615. The van der Waals surface area contributed by atoms with Crippen molar-refractivity contribution in [2.45, 2.75) is 19.4 Å². The summed E-state index contributed by atoms with van der Waals surface area (Å²) in [5.41, 5.74) is 6.73. The van der Waals surface area contributed by atoms with E-state index in [9.17, 15) is 0 Å². The molecule has 7 heteroatoms. The molecule has 0 amide bonds. The molecule has 0 radical (unpaired) electrons. The maximum atomic E-state index is 6.08. The van der Waals surface area contributed by atoms with Crippen LogP contribution in [0.4, 0.5) is 5.82 Å². The van der Waals surface area contributed by atoms with Crippen molar-refractivity contribution in [3.8, 4) is 0 Å². The minimum absolute atomic E-state index is 0.143. The molecule has 3 heterocycles. The molecule has 2 N–H and O–H groups in total. The van der Waals surface area contributed by atoms with Crippen molar-refractivity contribution in [3.63, 3.8) is 0 Å². The maximum Gasteiger partial charge on any atom is 0.175 e. The Hall–Kier alpha value is -1.73. The van der Waals surface area contributed by atoms with Gasteiger partial charge in [-0.2, -0.15) is 9.61 Å². The zero-order valence-corrected chi connectivity index (χ0v) is 12.0. The summed E-state index contributed by atoms with van der Waals surface area (Å²) in [4.78, 5) is 13.1. The van der Waals surface area contributed by atoms with E-state index >= 15 is 0 Å². The Morgan fingerprint density at radius 3 is 2.65 bits per heavy atom. The lowest BCUT2D eigenvalue weighted by molar-refractivity contribution is 0.213.